The van der Waals surface area contributed by atoms with E-state index in [-0.39, 0.29) is 11.6 Å². The maximum Gasteiger partial charge on any atom is 0.270 e. The number of carbonyl (C=O) groups is 2. The van der Waals surface area contributed by atoms with Gasteiger partial charge >= 0.3 is 0 Å². The largest absolute Gasteiger partial charge is 0.333 e. The van der Waals surface area contributed by atoms with Gasteiger partial charge in [0.2, 0.25) is 0 Å². The summed E-state index contributed by atoms with van der Waals surface area (Å²) in [5, 5.41) is 2.74. The Balaban J connectivity index is 1.64. The number of rotatable bonds is 4. The van der Waals surface area contributed by atoms with Crippen molar-refractivity contribution in [2.75, 3.05) is 6.54 Å². The third-order valence-electron chi connectivity index (χ3n) is 5.17. The van der Waals surface area contributed by atoms with Gasteiger partial charge in [0.15, 0.2) is 0 Å². The van der Waals surface area contributed by atoms with E-state index in [1.165, 1.54) is 23.8 Å². The molecule has 0 unspecified atom stereocenters. The molecule has 3 aromatic rings. The van der Waals surface area contributed by atoms with Crippen LogP contribution in [-0.2, 0) is 17.8 Å². The number of nitrogens with zero attached hydrogens (tertiary/aromatic N) is 1. The summed E-state index contributed by atoms with van der Waals surface area (Å²) in [5.74, 6) is -1.13. The Hall–Kier alpha value is -3.25. The van der Waals surface area contributed by atoms with Crippen LogP contribution >= 0.6 is 15.9 Å². The summed E-state index contributed by atoms with van der Waals surface area (Å²) in [6.07, 6.45) is 2.26. The Bertz CT molecular complexity index is 1180. The molecule has 0 aliphatic carbocycles. The molecule has 0 radical (unpaired) electrons. The van der Waals surface area contributed by atoms with Crippen molar-refractivity contribution in [3.8, 4) is 0 Å². The van der Waals surface area contributed by atoms with Crippen molar-refractivity contribution < 1.29 is 14.0 Å². The molecule has 1 heterocycles. The number of halogens is 2. The highest BCUT2D eigenvalue weighted by molar-refractivity contribution is 9.10. The van der Waals surface area contributed by atoms with E-state index < -0.39 is 11.7 Å². The average molecular weight is 479 g/mol. The van der Waals surface area contributed by atoms with Crippen molar-refractivity contribution in [1.82, 2.24) is 10.2 Å². The first kappa shape index (κ1) is 21.0. The highest BCUT2D eigenvalue weighted by atomic mass is 79.9. The molecule has 0 atom stereocenters. The predicted molar refractivity (Wildman–Crippen MR) is 122 cm³/mol. The zero-order chi connectivity index (χ0) is 21.8. The monoisotopic (exact) mass is 478 g/mol. The number of carbonyl (C=O) groups excluding carboxylic acids is 2. The van der Waals surface area contributed by atoms with Gasteiger partial charge in [0.25, 0.3) is 11.8 Å². The highest BCUT2D eigenvalue weighted by Gasteiger charge is 2.25. The molecule has 0 spiro atoms. The lowest BCUT2D eigenvalue weighted by Crippen LogP contribution is -2.41. The van der Waals surface area contributed by atoms with Crippen LogP contribution in [0, 0.1) is 5.82 Å². The molecular weight excluding hydrogens is 459 g/mol. The second-order valence-corrected chi connectivity index (χ2v) is 8.15. The SMILES string of the molecule is O=C(N/C(=C\c1cccc(F)c1)C(=O)N1CCc2ccccc2C1)c1ccccc1Br. The molecule has 0 fully saturated rings. The average Bonchev–Trinajstić information content (AvgIpc) is 2.78. The lowest BCUT2D eigenvalue weighted by atomic mass is 9.99. The number of hydrogen-bond acceptors (Lipinski definition) is 2. The van der Waals surface area contributed by atoms with Gasteiger partial charge in [-0.3, -0.25) is 9.59 Å². The van der Waals surface area contributed by atoms with Gasteiger partial charge in [-0.05, 0) is 69.4 Å². The fourth-order valence-electron chi connectivity index (χ4n) is 3.59. The molecule has 1 aliphatic rings. The molecule has 31 heavy (non-hydrogen) atoms. The van der Waals surface area contributed by atoms with Crippen LogP contribution in [0.15, 0.2) is 83.0 Å². The minimum Gasteiger partial charge on any atom is -0.333 e. The maximum absolute atomic E-state index is 13.7. The molecule has 6 heteroatoms. The number of benzene rings is 3. The molecule has 0 aromatic heterocycles. The summed E-state index contributed by atoms with van der Waals surface area (Å²) in [5.41, 5.74) is 3.31. The van der Waals surface area contributed by atoms with E-state index in [9.17, 15) is 14.0 Å². The van der Waals surface area contributed by atoms with E-state index in [2.05, 4.69) is 27.3 Å². The number of amides is 2. The second-order valence-electron chi connectivity index (χ2n) is 7.29. The van der Waals surface area contributed by atoms with Crippen molar-refractivity contribution in [3.63, 3.8) is 0 Å². The molecule has 0 saturated carbocycles. The molecule has 1 N–H and O–H groups in total. The first-order chi connectivity index (χ1) is 15.0. The molecule has 2 amide bonds. The molecule has 0 bridgehead atoms. The molecular formula is C25H20BrFN2O2. The van der Waals surface area contributed by atoms with Crippen molar-refractivity contribution in [2.24, 2.45) is 0 Å². The van der Waals surface area contributed by atoms with Crippen LogP contribution in [0.25, 0.3) is 6.08 Å². The second kappa shape index (κ2) is 9.27. The van der Waals surface area contributed by atoms with Crippen molar-refractivity contribution in [1.29, 1.82) is 0 Å². The van der Waals surface area contributed by atoms with E-state index in [1.807, 2.05) is 18.2 Å². The van der Waals surface area contributed by atoms with Crippen molar-refractivity contribution in [3.05, 3.63) is 111 Å². The predicted octanol–water partition coefficient (Wildman–Crippen LogP) is 4.94. The molecule has 0 saturated heterocycles. The summed E-state index contributed by atoms with van der Waals surface area (Å²) in [6, 6.07) is 20.9. The Labute approximate surface area is 188 Å². The number of fused-ring (bicyclic) bond motifs is 1. The van der Waals surface area contributed by atoms with Crippen molar-refractivity contribution in [2.45, 2.75) is 13.0 Å². The van der Waals surface area contributed by atoms with Crippen LogP contribution in [-0.4, -0.2) is 23.3 Å². The van der Waals surface area contributed by atoms with Crippen LogP contribution in [0.3, 0.4) is 0 Å². The summed E-state index contributed by atoms with van der Waals surface area (Å²) >= 11 is 3.37. The van der Waals surface area contributed by atoms with Gasteiger partial charge < -0.3 is 10.2 Å². The van der Waals surface area contributed by atoms with Crippen LogP contribution in [0.1, 0.15) is 27.0 Å². The van der Waals surface area contributed by atoms with E-state index in [1.54, 1.807) is 41.3 Å². The fraction of sp³-hybridized carbons (Fsp3) is 0.120. The zero-order valence-corrected chi connectivity index (χ0v) is 18.2. The van der Waals surface area contributed by atoms with E-state index in [0.29, 0.717) is 28.7 Å². The van der Waals surface area contributed by atoms with E-state index in [0.717, 1.165) is 12.0 Å². The van der Waals surface area contributed by atoms with Crippen molar-refractivity contribution >= 4 is 33.8 Å². The summed E-state index contributed by atoms with van der Waals surface area (Å²) in [6.45, 7) is 1.00. The van der Waals surface area contributed by atoms with Gasteiger partial charge in [0.1, 0.15) is 11.5 Å². The molecule has 3 aromatic carbocycles. The van der Waals surface area contributed by atoms with Gasteiger partial charge in [-0.1, -0.05) is 48.5 Å². The Morgan fingerprint density at radius 2 is 1.71 bits per heavy atom. The normalized spacial score (nSPS) is 13.5. The van der Waals surface area contributed by atoms with Crippen LogP contribution in [0.4, 0.5) is 4.39 Å². The molecule has 4 nitrogen and oxygen atoms in total. The van der Waals surface area contributed by atoms with E-state index in [4.69, 9.17) is 0 Å². The minimum atomic E-state index is -0.416. The van der Waals surface area contributed by atoms with Gasteiger partial charge in [-0.15, -0.1) is 0 Å². The van der Waals surface area contributed by atoms with Crippen LogP contribution in [0.5, 0.6) is 0 Å². The van der Waals surface area contributed by atoms with Crippen LogP contribution < -0.4 is 5.32 Å². The zero-order valence-electron chi connectivity index (χ0n) is 16.6. The maximum atomic E-state index is 13.7. The highest BCUT2D eigenvalue weighted by Crippen LogP contribution is 2.21. The lowest BCUT2D eigenvalue weighted by Gasteiger charge is -2.29. The molecule has 4 rings (SSSR count). The first-order valence-corrected chi connectivity index (χ1v) is 10.7. The quantitative estimate of drug-likeness (QED) is 0.539. The standard InChI is InChI=1S/C25H20BrFN2O2/c26-22-11-4-3-10-21(22)24(30)28-23(15-17-6-5-9-20(27)14-17)25(31)29-13-12-18-7-1-2-8-19(18)16-29/h1-11,14-15H,12-13,16H2,(H,28,30)/b23-15-. The number of nitrogens with one attached hydrogen (secondary N) is 1. The third-order valence-corrected chi connectivity index (χ3v) is 5.87. The molecule has 156 valence electrons. The third kappa shape index (κ3) is 4.91. The van der Waals surface area contributed by atoms with Gasteiger partial charge in [-0.2, -0.15) is 0 Å². The number of hydrogen-bond donors (Lipinski definition) is 1. The first-order valence-electron chi connectivity index (χ1n) is 9.90. The Morgan fingerprint density at radius 1 is 0.968 bits per heavy atom. The summed E-state index contributed by atoms with van der Waals surface area (Å²) < 4.78 is 14.3. The lowest BCUT2D eigenvalue weighted by molar-refractivity contribution is -0.128. The fourth-order valence-corrected chi connectivity index (χ4v) is 4.05. The van der Waals surface area contributed by atoms with E-state index >= 15 is 0 Å². The Morgan fingerprint density at radius 3 is 2.48 bits per heavy atom. The Kier molecular flexibility index (Phi) is 6.28. The smallest absolute Gasteiger partial charge is 0.270 e. The van der Waals surface area contributed by atoms with Gasteiger partial charge in [0, 0.05) is 17.6 Å². The summed E-state index contributed by atoms with van der Waals surface area (Å²) in [4.78, 5) is 28.0. The van der Waals surface area contributed by atoms with Crippen LogP contribution in [0.2, 0.25) is 0 Å². The van der Waals surface area contributed by atoms with Gasteiger partial charge in [-0.25, -0.2) is 4.39 Å². The van der Waals surface area contributed by atoms with Gasteiger partial charge in [0.05, 0.1) is 5.56 Å². The summed E-state index contributed by atoms with van der Waals surface area (Å²) in [7, 11) is 0. The minimum absolute atomic E-state index is 0.103. The molecule has 1 aliphatic heterocycles. The topological polar surface area (TPSA) is 49.4 Å².